The molecule has 0 aromatic heterocycles. The molecule has 0 unspecified atom stereocenters. The van der Waals surface area contributed by atoms with Gasteiger partial charge in [-0.05, 0) is 43.5 Å². The fourth-order valence-electron chi connectivity index (χ4n) is 3.57. The van der Waals surface area contributed by atoms with Crippen molar-refractivity contribution >= 4 is 5.91 Å². The molecule has 3 atom stereocenters. The van der Waals surface area contributed by atoms with Crippen molar-refractivity contribution in [1.82, 2.24) is 4.90 Å². The van der Waals surface area contributed by atoms with Gasteiger partial charge in [-0.3, -0.25) is 4.79 Å². The molecule has 2 heterocycles. The molecular weight excluding hydrogens is 364 g/mol. The minimum atomic E-state index is -4.89. The number of rotatable bonds is 3. The van der Waals surface area contributed by atoms with Crippen LogP contribution in [0.5, 0.6) is 0 Å². The van der Waals surface area contributed by atoms with Crippen LogP contribution in [0, 0.1) is 0 Å². The van der Waals surface area contributed by atoms with Crippen LogP contribution in [0.3, 0.4) is 0 Å². The molecule has 0 saturated carbocycles. The monoisotopic (exact) mass is 381 g/mol. The van der Waals surface area contributed by atoms with Crippen molar-refractivity contribution in [2.24, 2.45) is 0 Å². The smallest absolute Gasteiger partial charge is 0.369 e. The second kappa shape index (κ2) is 6.44. The van der Waals surface area contributed by atoms with E-state index in [1.165, 1.54) is 6.92 Å². The van der Waals surface area contributed by atoms with E-state index < -0.39 is 35.7 Å². The van der Waals surface area contributed by atoms with Gasteiger partial charge in [-0.2, -0.15) is 26.3 Å². The van der Waals surface area contributed by atoms with Gasteiger partial charge in [-0.1, -0.05) is 0 Å². The van der Waals surface area contributed by atoms with Gasteiger partial charge in [0.05, 0.1) is 23.3 Å². The first-order chi connectivity index (χ1) is 11.9. The fourth-order valence-corrected chi connectivity index (χ4v) is 3.57. The molecule has 144 valence electrons. The van der Waals surface area contributed by atoms with Crippen LogP contribution in [-0.4, -0.2) is 29.5 Å². The van der Waals surface area contributed by atoms with Crippen molar-refractivity contribution in [2.75, 3.05) is 6.54 Å². The summed E-state index contributed by atoms with van der Waals surface area (Å²) in [5.74, 6) is 0.00665. The third-order valence-electron chi connectivity index (χ3n) is 4.86. The van der Waals surface area contributed by atoms with Crippen LogP contribution in [0.4, 0.5) is 26.3 Å². The lowest BCUT2D eigenvalue weighted by Crippen LogP contribution is -2.28. The number of fused-ring (bicyclic) bond motifs is 1. The molecule has 1 aromatic carbocycles. The molecule has 0 bridgehead atoms. The van der Waals surface area contributed by atoms with E-state index in [2.05, 4.69) is 0 Å². The zero-order valence-corrected chi connectivity index (χ0v) is 13.8. The zero-order chi connectivity index (χ0) is 19.3. The Bertz CT molecular complexity index is 667. The minimum Gasteiger partial charge on any atom is -0.369 e. The SMILES string of the molecule is C[C@@H](O[C@@H]1C[C@@H]2CCC(=O)N2C1)c1cc(C(F)(F)F)cc(C(F)(F)F)c1. The Morgan fingerprint density at radius 1 is 1.08 bits per heavy atom. The molecule has 0 spiro atoms. The number of carbonyl (C=O) groups excluding carboxylic acids is 1. The van der Waals surface area contributed by atoms with E-state index in [0.29, 0.717) is 37.9 Å². The van der Waals surface area contributed by atoms with Crippen LogP contribution in [0.1, 0.15) is 49.0 Å². The quantitative estimate of drug-likeness (QED) is 0.718. The van der Waals surface area contributed by atoms with Crippen molar-refractivity contribution in [3.05, 3.63) is 34.9 Å². The van der Waals surface area contributed by atoms with Gasteiger partial charge < -0.3 is 9.64 Å². The highest BCUT2D eigenvalue weighted by Gasteiger charge is 2.41. The first-order valence-corrected chi connectivity index (χ1v) is 8.19. The Kier molecular flexibility index (Phi) is 4.71. The number of carbonyl (C=O) groups is 1. The van der Waals surface area contributed by atoms with Crippen LogP contribution >= 0.6 is 0 Å². The third-order valence-corrected chi connectivity index (χ3v) is 4.86. The first kappa shape index (κ1) is 19.0. The first-order valence-electron chi connectivity index (χ1n) is 8.19. The lowest BCUT2D eigenvalue weighted by Gasteiger charge is -2.22. The summed E-state index contributed by atoms with van der Waals surface area (Å²) in [5.41, 5.74) is -2.91. The standard InChI is InChI=1S/C17H17F6NO2/c1-9(26-14-7-13-2-3-15(25)24(13)8-14)10-4-11(16(18,19)20)6-12(5-10)17(21,22)23/h4-6,9,13-14H,2-3,7-8H2,1H3/t9-,13+,14-/m1/s1. The summed E-state index contributed by atoms with van der Waals surface area (Å²) in [4.78, 5) is 13.4. The van der Waals surface area contributed by atoms with Gasteiger partial charge in [-0.15, -0.1) is 0 Å². The Morgan fingerprint density at radius 2 is 1.65 bits per heavy atom. The number of benzene rings is 1. The minimum absolute atomic E-state index is 0.00665. The molecule has 2 aliphatic rings. The molecule has 1 amide bonds. The highest BCUT2D eigenvalue weighted by Crippen LogP contribution is 2.39. The van der Waals surface area contributed by atoms with Crippen LogP contribution in [0.2, 0.25) is 0 Å². The Balaban J connectivity index is 1.80. The predicted octanol–water partition coefficient (Wildman–Crippen LogP) is 4.57. The largest absolute Gasteiger partial charge is 0.416 e. The number of hydrogen-bond acceptors (Lipinski definition) is 2. The average Bonchev–Trinajstić information content (AvgIpc) is 3.07. The van der Waals surface area contributed by atoms with E-state index in [4.69, 9.17) is 4.74 Å². The molecule has 0 radical (unpaired) electrons. The molecule has 2 saturated heterocycles. The third kappa shape index (κ3) is 3.82. The second-order valence-electron chi connectivity index (χ2n) is 6.71. The van der Waals surface area contributed by atoms with E-state index in [1.54, 1.807) is 4.90 Å². The van der Waals surface area contributed by atoms with Crippen LogP contribution in [-0.2, 0) is 21.9 Å². The maximum absolute atomic E-state index is 13.0. The van der Waals surface area contributed by atoms with Crippen LogP contribution in [0.15, 0.2) is 18.2 Å². The maximum atomic E-state index is 13.0. The summed E-state index contributed by atoms with van der Waals surface area (Å²) in [6, 6.07) is 1.51. The van der Waals surface area contributed by atoms with Gasteiger partial charge in [0.1, 0.15) is 0 Å². The lowest BCUT2D eigenvalue weighted by atomic mass is 10.0. The molecule has 3 rings (SSSR count). The Labute approximate surface area is 145 Å². The summed E-state index contributed by atoms with van der Waals surface area (Å²) < 4.78 is 83.4. The summed E-state index contributed by atoms with van der Waals surface area (Å²) in [6.07, 6.45) is -9.43. The highest BCUT2D eigenvalue weighted by molar-refractivity contribution is 5.79. The van der Waals surface area contributed by atoms with Crippen LogP contribution in [0.25, 0.3) is 0 Å². The van der Waals surface area contributed by atoms with Gasteiger partial charge in [0.15, 0.2) is 0 Å². The molecule has 9 heteroatoms. The average molecular weight is 381 g/mol. The van der Waals surface area contributed by atoms with E-state index >= 15 is 0 Å². The molecule has 3 nitrogen and oxygen atoms in total. The lowest BCUT2D eigenvalue weighted by molar-refractivity contribution is -0.143. The van der Waals surface area contributed by atoms with Crippen molar-refractivity contribution in [3.8, 4) is 0 Å². The van der Waals surface area contributed by atoms with Crippen molar-refractivity contribution in [1.29, 1.82) is 0 Å². The van der Waals surface area contributed by atoms with Gasteiger partial charge >= 0.3 is 12.4 Å². The van der Waals surface area contributed by atoms with Crippen molar-refractivity contribution in [3.63, 3.8) is 0 Å². The summed E-state index contributed by atoms with van der Waals surface area (Å²) in [6.45, 7) is 1.74. The number of hydrogen-bond donors (Lipinski definition) is 0. The normalized spacial score (nSPS) is 24.9. The van der Waals surface area contributed by atoms with Crippen molar-refractivity contribution in [2.45, 2.75) is 56.8 Å². The molecule has 1 aromatic rings. The molecule has 0 N–H and O–H groups in total. The maximum Gasteiger partial charge on any atom is 0.416 e. The van der Waals surface area contributed by atoms with E-state index in [1.807, 2.05) is 0 Å². The van der Waals surface area contributed by atoms with Gasteiger partial charge in [0.25, 0.3) is 0 Å². The molecular formula is C17H17F6NO2. The second-order valence-corrected chi connectivity index (χ2v) is 6.71. The van der Waals surface area contributed by atoms with Crippen LogP contribution < -0.4 is 0 Å². The summed E-state index contributed by atoms with van der Waals surface area (Å²) >= 11 is 0. The summed E-state index contributed by atoms with van der Waals surface area (Å²) in [5, 5.41) is 0. The van der Waals surface area contributed by atoms with E-state index in [9.17, 15) is 31.1 Å². The number of nitrogens with zero attached hydrogens (tertiary/aromatic N) is 1. The predicted molar refractivity (Wildman–Crippen MR) is 79.1 cm³/mol. The molecule has 2 fully saturated rings. The van der Waals surface area contributed by atoms with E-state index in [0.717, 1.165) is 0 Å². The number of halogens is 6. The van der Waals surface area contributed by atoms with Gasteiger partial charge in [0.2, 0.25) is 5.91 Å². The number of alkyl halides is 6. The van der Waals surface area contributed by atoms with Gasteiger partial charge in [-0.25, -0.2) is 0 Å². The molecule has 2 aliphatic heterocycles. The highest BCUT2D eigenvalue weighted by atomic mass is 19.4. The molecule has 0 aliphatic carbocycles. The van der Waals surface area contributed by atoms with E-state index in [-0.39, 0.29) is 23.6 Å². The summed E-state index contributed by atoms with van der Waals surface area (Å²) in [7, 11) is 0. The van der Waals surface area contributed by atoms with Gasteiger partial charge in [0, 0.05) is 19.0 Å². The number of amides is 1. The number of ether oxygens (including phenoxy) is 1. The topological polar surface area (TPSA) is 29.5 Å². The molecule has 26 heavy (non-hydrogen) atoms. The fraction of sp³-hybridized carbons (Fsp3) is 0.588. The Morgan fingerprint density at radius 3 is 2.15 bits per heavy atom. The zero-order valence-electron chi connectivity index (χ0n) is 13.8. The Hall–Kier alpha value is -1.77. The van der Waals surface area contributed by atoms with Crippen molar-refractivity contribution < 1.29 is 35.9 Å².